The average molecular weight is 478 g/mol. The van der Waals surface area contributed by atoms with Gasteiger partial charge in [-0.15, -0.1) is 0 Å². The number of anilines is 1. The molecule has 5 aromatic rings. The van der Waals surface area contributed by atoms with Crippen LogP contribution in [0.1, 0.15) is 21.7 Å². The third-order valence-corrected chi connectivity index (χ3v) is 6.77. The van der Waals surface area contributed by atoms with Crippen LogP contribution in [-0.4, -0.2) is 68.8 Å². The minimum Gasteiger partial charge on any atom is -0.354 e. The third-order valence-electron chi connectivity index (χ3n) is 6.77. The number of H-pyrrole nitrogens is 1. The number of aryl methyl sites for hydroxylation is 1. The maximum absolute atomic E-state index is 13.1. The number of Topliss-reactive ketones (excluding diaryl/α,β-unsaturated/α-hetero) is 1. The maximum Gasteiger partial charge on any atom is 0.169 e. The lowest BCUT2D eigenvalue weighted by Crippen LogP contribution is -2.44. The van der Waals surface area contributed by atoms with Gasteiger partial charge in [-0.1, -0.05) is 0 Å². The van der Waals surface area contributed by atoms with E-state index < -0.39 is 0 Å². The molecule has 0 saturated carbocycles. The van der Waals surface area contributed by atoms with Crippen molar-refractivity contribution in [1.82, 2.24) is 29.8 Å². The Hall–Kier alpha value is -4.17. The van der Waals surface area contributed by atoms with Crippen LogP contribution in [0.15, 0.2) is 61.1 Å². The van der Waals surface area contributed by atoms with E-state index in [2.05, 4.69) is 48.9 Å². The minimum absolute atomic E-state index is 0.0215. The van der Waals surface area contributed by atoms with Crippen LogP contribution in [0.2, 0.25) is 0 Å². The van der Waals surface area contributed by atoms with Crippen molar-refractivity contribution in [3.8, 4) is 11.3 Å². The van der Waals surface area contributed by atoms with Crippen molar-refractivity contribution < 1.29 is 4.79 Å². The van der Waals surface area contributed by atoms with E-state index in [0.717, 1.165) is 70.9 Å². The molecule has 1 fully saturated rings. The van der Waals surface area contributed by atoms with Gasteiger partial charge in [0, 0.05) is 72.4 Å². The Morgan fingerprint density at radius 3 is 2.67 bits per heavy atom. The molecule has 0 amide bonds. The molecule has 0 bridgehead atoms. The highest BCUT2D eigenvalue weighted by Gasteiger charge is 2.17. The van der Waals surface area contributed by atoms with E-state index in [1.165, 1.54) is 0 Å². The summed E-state index contributed by atoms with van der Waals surface area (Å²) in [5, 5.41) is 1.99. The number of piperazine rings is 1. The van der Waals surface area contributed by atoms with Crippen molar-refractivity contribution in [2.24, 2.45) is 0 Å². The Balaban J connectivity index is 1.24. The fourth-order valence-electron chi connectivity index (χ4n) is 4.67. The summed E-state index contributed by atoms with van der Waals surface area (Å²) < 4.78 is 0. The number of rotatable bonds is 5. The predicted molar refractivity (Wildman–Crippen MR) is 141 cm³/mol. The molecule has 8 heteroatoms. The van der Waals surface area contributed by atoms with Crippen LogP contribution in [0.4, 0.5) is 5.82 Å². The van der Waals surface area contributed by atoms with E-state index in [1.54, 1.807) is 18.5 Å². The fourth-order valence-corrected chi connectivity index (χ4v) is 4.67. The molecule has 1 aliphatic heterocycles. The lowest BCUT2D eigenvalue weighted by molar-refractivity contribution is 0.0992. The van der Waals surface area contributed by atoms with Crippen molar-refractivity contribution in [2.45, 2.75) is 13.3 Å². The summed E-state index contributed by atoms with van der Waals surface area (Å²) in [4.78, 5) is 39.3. The van der Waals surface area contributed by atoms with Gasteiger partial charge >= 0.3 is 0 Å². The Morgan fingerprint density at radius 2 is 1.81 bits per heavy atom. The largest absolute Gasteiger partial charge is 0.354 e. The van der Waals surface area contributed by atoms with Gasteiger partial charge in [-0.2, -0.15) is 0 Å². The molecule has 0 aromatic carbocycles. The molecule has 180 valence electrons. The Bertz CT molecular complexity index is 1580. The number of likely N-dealkylation sites (N-methyl/N-ethyl adjacent to an activating group) is 1. The molecule has 0 spiro atoms. The van der Waals surface area contributed by atoms with Gasteiger partial charge in [0.25, 0.3) is 0 Å². The summed E-state index contributed by atoms with van der Waals surface area (Å²) in [5.41, 5.74) is 5.90. The van der Waals surface area contributed by atoms with E-state index >= 15 is 0 Å². The molecule has 1 N–H and O–H groups in total. The number of carbonyl (C=O) groups excluding carboxylic acids is 1. The SMILES string of the molecule is Cc1cc2cc(-c3ccc4cnc(CC(=O)c5ccnc(N6CCN(C)CC6)c5)cc4n3)cnc2[nH]1. The summed E-state index contributed by atoms with van der Waals surface area (Å²) in [7, 11) is 2.12. The van der Waals surface area contributed by atoms with E-state index in [-0.39, 0.29) is 12.2 Å². The zero-order chi connectivity index (χ0) is 24.6. The normalized spacial score (nSPS) is 14.6. The standard InChI is InChI=1S/C28H27N7O/c1-18-11-21-12-22(17-31-28(21)32-18)24-4-3-20-16-30-23(14-25(20)33-24)15-26(36)19-5-6-29-27(13-19)35-9-7-34(2)8-10-35/h3-6,11-14,16-17H,7-10,15H2,1-2H3,(H,31,32). The second kappa shape index (κ2) is 9.13. The molecular weight excluding hydrogens is 450 g/mol. The maximum atomic E-state index is 13.1. The number of nitrogens with zero attached hydrogens (tertiary/aromatic N) is 6. The fraction of sp³-hybridized carbons (Fsp3) is 0.250. The number of aromatic nitrogens is 5. The predicted octanol–water partition coefficient (Wildman–Crippen LogP) is 4.05. The van der Waals surface area contributed by atoms with E-state index in [1.807, 2.05) is 37.4 Å². The molecule has 8 nitrogen and oxygen atoms in total. The van der Waals surface area contributed by atoms with Crippen molar-refractivity contribution in [2.75, 3.05) is 38.1 Å². The first-order valence-corrected chi connectivity index (χ1v) is 12.2. The highest BCUT2D eigenvalue weighted by atomic mass is 16.1. The Kier molecular flexibility index (Phi) is 5.65. The lowest BCUT2D eigenvalue weighted by Gasteiger charge is -2.33. The van der Waals surface area contributed by atoms with Crippen LogP contribution in [0, 0.1) is 6.92 Å². The van der Waals surface area contributed by atoms with Crippen molar-refractivity contribution >= 4 is 33.5 Å². The zero-order valence-electron chi connectivity index (χ0n) is 20.4. The summed E-state index contributed by atoms with van der Waals surface area (Å²) in [6, 6.07) is 13.7. The molecule has 5 aromatic heterocycles. The summed E-state index contributed by atoms with van der Waals surface area (Å²) in [5.74, 6) is 0.878. The van der Waals surface area contributed by atoms with Gasteiger partial charge in [0.2, 0.25) is 0 Å². The van der Waals surface area contributed by atoms with Crippen LogP contribution in [0.5, 0.6) is 0 Å². The molecule has 1 saturated heterocycles. The molecule has 0 unspecified atom stereocenters. The topological polar surface area (TPSA) is 90.9 Å². The summed E-state index contributed by atoms with van der Waals surface area (Å²) in [6.07, 6.45) is 5.55. The van der Waals surface area contributed by atoms with E-state index in [4.69, 9.17) is 4.98 Å². The van der Waals surface area contributed by atoms with Gasteiger partial charge in [-0.3, -0.25) is 9.78 Å². The number of ketones is 1. The summed E-state index contributed by atoms with van der Waals surface area (Å²) in [6.45, 7) is 5.82. The highest BCUT2D eigenvalue weighted by molar-refractivity contribution is 5.98. The van der Waals surface area contributed by atoms with Crippen LogP contribution < -0.4 is 4.90 Å². The van der Waals surface area contributed by atoms with Gasteiger partial charge in [-0.25, -0.2) is 15.0 Å². The van der Waals surface area contributed by atoms with Crippen LogP contribution in [0.3, 0.4) is 0 Å². The monoisotopic (exact) mass is 477 g/mol. The van der Waals surface area contributed by atoms with E-state index in [9.17, 15) is 4.79 Å². The third kappa shape index (κ3) is 4.43. The number of nitrogens with one attached hydrogen (secondary N) is 1. The first-order valence-electron chi connectivity index (χ1n) is 12.2. The zero-order valence-corrected chi connectivity index (χ0v) is 20.4. The number of hydrogen-bond donors (Lipinski definition) is 1. The average Bonchev–Trinajstić information content (AvgIpc) is 3.28. The van der Waals surface area contributed by atoms with Crippen molar-refractivity contribution in [1.29, 1.82) is 0 Å². The molecule has 6 heterocycles. The molecule has 1 aliphatic rings. The van der Waals surface area contributed by atoms with Gasteiger partial charge in [0.05, 0.1) is 23.3 Å². The van der Waals surface area contributed by atoms with Gasteiger partial charge in [0.15, 0.2) is 5.78 Å². The van der Waals surface area contributed by atoms with Gasteiger partial charge in [0.1, 0.15) is 11.5 Å². The second-order valence-corrected chi connectivity index (χ2v) is 9.47. The molecule has 0 aliphatic carbocycles. The Morgan fingerprint density at radius 1 is 0.944 bits per heavy atom. The number of hydrogen-bond acceptors (Lipinski definition) is 7. The molecule has 0 atom stereocenters. The van der Waals surface area contributed by atoms with Crippen molar-refractivity contribution in [3.05, 3.63) is 78.0 Å². The Labute approximate surface area is 209 Å². The number of pyridine rings is 4. The molecule has 6 rings (SSSR count). The first kappa shape index (κ1) is 22.3. The minimum atomic E-state index is 0.0215. The summed E-state index contributed by atoms with van der Waals surface area (Å²) >= 11 is 0. The van der Waals surface area contributed by atoms with Crippen LogP contribution >= 0.6 is 0 Å². The molecular formula is C28H27N7O. The highest BCUT2D eigenvalue weighted by Crippen LogP contribution is 2.24. The van der Waals surface area contributed by atoms with Crippen LogP contribution in [-0.2, 0) is 6.42 Å². The molecule has 0 radical (unpaired) electrons. The molecule has 36 heavy (non-hydrogen) atoms. The van der Waals surface area contributed by atoms with Gasteiger partial charge < -0.3 is 14.8 Å². The van der Waals surface area contributed by atoms with Crippen LogP contribution in [0.25, 0.3) is 33.2 Å². The number of aromatic amines is 1. The van der Waals surface area contributed by atoms with E-state index in [0.29, 0.717) is 11.3 Å². The number of fused-ring (bicyclic) bond motifs is 2. The quantitative estimate of drug-likeness (QED) is 0.382. The van der Waals surface area contributed by atoms with Gasteiger partial charge in [-0.05, 0) is 56.4 Å². The second-order valence-electron chi connectivity index (χ2n) is 9.47. The lowest BCUT2D eigenvalue weighted by atomic mass is 10.1. The first-order chi connectivity index (χ1) is 17.5. The smallest absolute Gasteiger partial charge is 0.169 e. The van der Waals surface area contributed by atoms with Crippen molar-refractivity contribution in [3.63, 3.8) is 0 Å². The number of carbonyl (C=O) groups is 1.